The van der Waals surface area contributed by atoms with Crippen LogP contribution in [0.1, 0.15) is 13.3 Å². The first-order valence-corrected chi connectivity index (χ1v) is 4.98. The standard InChI is InChI=1S/C9H15N5O/c1-6-4-15-5-7(6)2-3-11-9-12-8(10)13-14-9/h5-6H,2-4H2,1H3,(H4,10,11,12,13,14). The van der Waals surface area contributed by atoms with E-state index in [-0.39, 0.29) is 0 Å². The van der Waals surface area contributed by atoms with Gasteiger partial charge in [-0.2, -0.15) is 4.98 Å². The Morgan fingerprint density at radius 3 is 3.20 bits per heavy atom. The van der Waals surface area contributed by atoms with E-state index in [1.807, 2.05) is 6.26 Å². The fourth-order valence-electron chi connectivity index (χ4n) is 1.50. The molecule has 0 radical (unpaired) electrons. The molecule has 0 saturated heterocycles. The number of hydrogen-bond acceptors (Lipinski definition) is 5. The Balaban J connectivity index is 1.75. The predicted molar refractivity (Wildman–Crippen MR) is 57.1 cm³/mol. The zero-order valence-electron chi connectivity index (χ0n) is 8.66. The molecule has 1 aliphatic heterocycles. The van der Waals surface area contributed by atoms with Crippen LogP contribution in [0.5, 0.6) is 0 Å². The second kappa shape index (κ2) is 4.20. The maximum atomic E-state index is 5.39. The van der Waals surface area contributed by atoms with Gasteiger partial charge in [-0.25, -0.2) is 5.10 Å². The largest absolute Gasteiger partial charge is 0.501 e. The van der Waals surface area contributed by atoms with E-state index in [0.717, 1.165) is 19.6 Å². The molecule has 6 nitrogen and oxygen atoms in total. The monoisotopic (exact) mass is 209 g/mol. The summed E-state index contributed by atoms with van der Waals surface area (Å²) in [6.07, 6.45) is 2.79. The number of aromatic amines is 1. The van der Waals surface area contributed by atoms with Gasteiger partial charge in [-0.15, -0.1) is 5.10 Å². The Hall–Kier alpha value is -1.72. The van der Waals surface area contributed by atoms with Gasteiger partial charge in [0.05, 0.1) is 12.9 Å². The van der Waals surface area contributed by atoms with Gasteiger partial charge in [-0.3, -0.25) is 0 Å². The molecular formula is C9H15N5O. The molecule has 15 heavy (non-hydrogen) atoms. The number of aromatic nitrogens is 3. The number of ether oxygens (including phenoxy) is 1. The van der Waals surface area contributed by atoms with E-state index in [1.54, 1.807) is 0 Å². The van der Waals surface area contributed by atoms with Crippen LogP contribution >= 0.6 is 0 Å². The van der Waals surface area contributed by atoms with Gasteiger partial charge in [0, 0.05) is 12.5 Å². The lowest BCUT2D eigenvalue weighted by atomic mass is 10.0. The van der Waals surface area contributed by atoms with Crippen molar-refractivity contribution >= 4 is 11.9 Å². The molecule has 1 aromatic heterocycles. The normalized spacial score (nSPS) is 19.8. The number of hydrogen-bond donors (Lipinski definition) is 3. The van der Waals surface area contributed by atoms with Crippen molar-refractivity contribution in [1.82, 2.24) is 15.2 Å². The summed E-state index contributed by atoms with van der Waals surface area (Å²) in [5, 5.41) is 9.53. The first-order chi connectivity index (χ1) is 7.25. The van der Waals surface area contributed by atoms with Crippen molar-refractivity contribution in [2.75, 3.05) is 24.2 Å². The summed E-state index contributed by atoms with van der Waals surface area (Å²) in [6, 6.07) is 0. The lowest BCUT2D eigenvalue weighted by Gasteiger charge is -2.06. The molecule has 2 heterocycles. The fraction of sp³-hybridized carbons (Fsp3) is 0.556. The molecule has 1 unspecified atom stereocenters. The molecule has 82 valence electrons. The topological polar surface area (TPSA) is 88.8 Å². The molecule has 0 fully saturated rings. The summed E-state index contributed by atoms with van der Waals surface area (Å²) < 4.78 is 5.23. The van der Waals surface area contributed by atoms with Crippen LogP contribution in [0, 0.1) is 5.92 Å². The molecular weight excluding hydrogens is 194 g/mol. The van der Waals surface area contributed by atoms with Crippen molar-refractivity contribution in [2.24, 2.45) is 5.92 Å². The molecule has 0 spiro atoms. The van der Waals surface area contributed by atoms with Gasteiger partial charge in [-0.1, -0.05) is 6.92 Å². The Morgan fingerprint density at radius 1 is 1.73 bits per heavy atom. The van der Waals surface area contributed by atoms with Gasteiger partial charge in [0.15, 0.2) is 0 Å². The SMILES string of the molecule is CC1COC=C1CCNc1n[nH]c(N)n1. The molecule has 1 aromatic rings. The van der Waals surface area contributed by atoms with Crippen LogP contribution in [0.2, 0.25) is 0 Å². The van der Waals surface area contributed by atoms with Crippen molar-refractivity contribution in [3.8, 4) is 0 Å². The molecule has 0 amide bonds. The van der Waals surface area contributed by atoms with Gasteiger partial charge in [0.1, 0.15) is 0 Å². The molecule has 0 saturated carbocycles. The first kappa shape index (κ1) is 9.82. The number of anilines is 2. The maximum Gasteiger partial charge on any atom is 0.243 e. The second-order valence-electron chi connectivity index (χ2n) is 3.65. The van der Waals surface area contributed by atoms with Crippen molar-refractivity contribution in [2.45, 2.75) is 13.3 Å². The Morgan fingerprint density at radius 2 is 2.60 bits per heavy atom. The summed E-state index contributed by atoms with van der Waals surface area (Å²) in [6.45, 7) is 3.74. The van der Waals surface area contributed by atoms with Gasteiger partial charge in [0.2, 0.25) is 11.9 Å². The van der Waals surface area contributed by atoms with Crippen molar-refractivity contribution in [3.05, 3.63) is 11.8 Å². The van der Waals surface area contributed by atoms with Crippen LogP contribution in [0.4, 0.5) is 11.9 Å². The van der Waals surface area contributed by atoms with Crippen molar-refractivity contribution < 1.29 is 4.74 Å². The summed E-state index contributed by atoms with van der Waals surface area (Å²) in [4.78, 5) is 3.94. The van der Waals surface area contributed by atoms with E-state index in [0.29, 0.717) is 17.8 Å². The molecule has 0 bridgehead atoms. The van der Waals surface area contributed by atoms with Gasteiger partial charge in [-0.05, 0) is 12.0 Å². The van der Waals surface area contributed by atoms with Crippen LogP contribution in [0.3, 0.4) is 0 Å². The Bertz CT molecular complexity index is 359. The zero-order chi connectivity index (χ0) is 10.7. The summed E-state index contributed by atoms with van der Waals surface area (Å²) in [5.41, 5.74) is 6.72. The van der Waals surface area contributed by atoms with Crippen LogP contribution in [-0.2, 0) is 4.74 Å². The summed E-state index contributed by atoms with van der Waals surface area (Å²) >= 11 is 0. The third-order valence-corrected chi connectivity index (χ3v) is 2.41. The van der Waals surface area contributed by atoms with E-state index in [1.165, 1.54) is 5.57 Å². The third-order valence-electron chi connectivity index (χ3n) is 2.41. The quantitative estimate of drug-likeness (QED) is 0.680. The smallest absolute Gasteiger partial charge is 0.243 e. The third kappa shape index (κ3) is 2.39. The first-order valence-electron chi connectivity index (χ1n) is 4.98. The molecule has 0 aliphatic carbocycles. The fourth-order valence-corrected chi connectivity index (χ4v) is 1.50. The van der Waals surface area contributed by atoms with Gasteiger partial charge in [0.25, 0.3) is 0 Å². The number of nitrogens with zero attached hydrogens (tertiary/aromatic N) is 2. The lowest BCUT2D eigenvalue weighted by Crippen LogP contribution is -2.07. The number of rotatable bonds is 4. The highest BCUT2D eigenvalue weighted by atomic mass is 16.5. The van der Waals surface area contributed by atoms with E-state index in [4.69, 9.17) is 10.5 Å². The molecule has 0 aromatic carbocycles. The second-order valence-corrected chi connectivity index (χ2v) is 3.65. The number of H-pyrrole nitrogens is 1. The molecule has 1 atom stereocenters. The van der Waals surface area contributed by atoms with Gasteiger partial charge >= 0.3 is 0 Å². The van der Waals surface area contributed by atoms with E-state index >= 15 is 0 Å². The number of nitrogens with one attached hydrogen (secondary N) is 2. The van der Waals surface area contributed by atoms with E-state index in [9.17, 15) is 0 Å². The van der Waals surface area contributed by atoms with Crippen molar-refractivity contribution in [1.29, 1.82) is 0 Å². The van der Waals surface area contributed by atoms with E-state index < -0.39 is 0 Å². The van der Waals surface area contributed by atoms with Crippen LogP contribution < -0.4 is 11.1 Å². The van der Waals surface area contributed by atoms with E-state index in [2.05, 4.69) is 27.4 Å². The minimum Gasteiger partial charge on any atom is -0.501 e. The van der Waals surface area contributed by atoms with Crippen LogP contribution in [0.25, 0.3) is 0 Å². The average molecular weight is 209 g/mol. The van der Waals surface area contributed by atoms with Crippen molar-refractivity contribution in [3.63, 3.8) is 0 Å². The molecule has 6 heteroatoms. The Labute approximate surface area is 87.9 Å². The predicted octanol–water partition coefficient (Wildman–Crippen LogP) is 0.739. The molecule has 1 aliphatic rings. The zero-order valence-corrected chi connectivity index (χ0v) is 8.66. The minimum absolute atomic E-state index is 0.328. The van der Waals surface area contributed by atoms with Gasteiger partial charge < -0.3 is 15.8 Å². The average Bonchev–Trinajstić information content (AvgIpc) is 2.77. The Kier molecular flexibility index (Phi) is 2.75. The minimum atomic E-state index is 0.328. The maximum absolute atomic E-state index is 5.39. The lowest BCUT2D eigenvalue weighted by molar-refractivity contribution is 0.255. The highest BCUT2D eigenvalue weighted by molar-refractivity contribution is 5.29. The highest BCUT2D eigenvalue weighted by Crippen LogP contribution is 2.20. The number of nitrogens with two attached hydrogens (primary N) is 1. The molecule has 2 rings (SSSR count). The van der Waals surface area contributed by atoms with Crippen LogP contribution in [0.15, 0.2) is 11.8 Å². The van der Waals surface area contributed by atoms with Crippen LogP contribution in [-0.4, -0.2) is 28.3 Å². The summed E-state index contributed by atoms with van der Waals surface area (Å²) in [7, 11) is 0. The number of nitrogen functional groups attached to an aromatic ring is 1. The highest BCUT2D eigenvalue weighted by Gasteiger charge is 2.14. The molecule has 4 N–H and O–H groups in total. The summed E-state index contributed by atoms with van der Waals surface area (Å²) in [5.74, 6) is 1.39.